The number of hydrogen-bond acceptors (Lipinski definition) is 4. The van der Waals surface area contributed by atoms with Gasteiger partial charge in [0.05, 0.1) is 0 Å². The predicted octanol–water partition coefficient (Wildman–Crippen LogP) is 0.616. The van der Waals surface area contributed by atoms with Gasteiger partial charge in [-0.25, -0.2) is 9.48 Å². The van der Waals surface area contributed by atoms with Crippen LogP contribution in [0.5, 0.6) is 0 Å². The topological polar surface area (TPSA) is 80.9 Å². The van der Waals surface area contributed by atoms with Crippen molar-refractivity contribution in [2.75, 3.05) is 0 Å². The van der Waals surface area contributed by atoms with E-state index in [9.17, 15) is 4.79 Å². The van der Waals surface area contributed by atoms with Crippen molar-refractivity contribution < 1.29 is 9.90 Å². The van der Waals surface area contributed by atoms with Gasteiger partial charge in [-0.15, -0.1) is 5.10 Å². The molecule has 82 valence electrons. The summed E-state index contributed by atoms with van der Waals surface area (Å²) in [6, 6.07) is 0. The zero-order valence-corrected chi connectivity index (χ0v) is 9.01. The van der Waals surface area contributed by atoms with E-state index >= 15 is 0 Å². The van der Waals surface area contributed by atoms with Crippen LogP contribution in [0.4, 0.5) is 0 Å². The van der Waals surface area contributed by atoms with E-state index in [1.54, 1.807) is 13.8 Å². The molecule has 1 saturated carbocycles. The number of aliphatic carboxylic acids is 1. The zero-order chi connectivity index (χ0) is 11.2. The molecule has 2 unspecified atom stereocenters. The highest BCUT2D eigenvalue weighted by atomic mass is 16.4. The molecule has 0 aliphatic heterocycles. The number of hydrogen-bond donors (Lipinski definition) is 1. The van der Waals surface area contributed by atoms with Crippen molar-refractivity contribution in [3.05, 3.63) is 5.82 Å². The molecule has 1 aliphatic rings. The summed E-state index contributed by atoms with van der Waals surface area (Å²) in [6.45, 7) is 5.31. The number of aromatic nitrogens is 4. The molecular formula is C9H14N4O2. The van der Waals surface area contributed by atoms with Crippen LogP contribution in [-0.2, 0) is 10.3 Å². The number of tetrazole rings is 1. The van der Waals surface area contributed by atoms with Gasteiger partial charge in [0.1, 0.15) is 0 Å². The zero-order valence-electron chi connectivity index (χ0n) is 9.01. The Morgan fingerprint density at radius 1 is 1.60 bits per heavy atom. The second-order valence-electron chi connectivity index (χ2n) is 4.63. The first kappa shape index (κ1) is 10.1. The third kappa shape index (κ3) is 1.49. The smallest absolute Gasteiger partial charge is 0.331 e. The lowest BCUT2D eigenvalue weighted by molar-refractivity contribution is -0.146. The largest absolute Gasteiger partial charge is 0.479 e. The molecule has 6 nitrogen and oxygen atoms in total. The Hall–Kier alpha value is -1.46. The van der Waals surface area contributed by atoms with Crippen molar-refractivity contribution in [3.8, 4) is 0 Å². The Balaban J connectivity index is 2.36. The monoisotopic (exact) mass is 210 g/mol. The molecule has 2 rings (SSSR count). The third-order valence-corrected chi connectivity index (χ3v) is 2.99. The summed E-state index contributed by atoms with van der Waals surface area (Å²) in [5, 5.41) is 20.4. The summed E-state index contributed by atoms with van der Waals surface area (Å²) in [4.78, 5) is 11.1. The Labute approximate surface area is 87.3 Å². The van der Waals surface area contributed by atoms with Crippen molar-refractivity contribution in [1.82, 2.24) is 20.2 Å². The van der Waals surface area contributed by atoms with E-state index in [2.05, 4.69) is 22.4 Å². The van der Waals surface area contributed by atoms with Crippen LogP contribution in [-0.4, -0.2) is 31.3 Å². The minimum atomic E-state index is -1.08. The molecule has 6 heteroatoms. The fourth-order valence-corrected chi connectivity index (χ4v) is 1.60. The normalized spacial score (nSPS) is 25.3. The number of nitrogens with zero attached hydrogens (tertiary/aromatic N) is 4. The quantitative estimate of drug-likeness (QED) is 0.790. The van der Waals surface area contributed by atoms with Crippen molar-refractivity contribution in [2.24, 2.45) is 5.92 Å². The molecule has 1 aliphatic carbocycles. The Bertz CT molecular complexity index is 399. The highest BCUT2D eigenvalue weighted by molar-refractivity contribution is 5.75. The second-order valence-corrected chi connectivity index (χ2v) is 4.63. The fourth-order valence-electron chi connectivity index (χ4n) is 1.60. The highest BCUT2D eigenvalue weighted by Crippen LogP contribution is 2.46. The van der Waals surface area contributed by atoms with E-state index in [4.69, 9.17) is 5.11 Å². The number of rotatable bonds is 3. The lowest BCUT2D eigenvalue weighted by Gasteiger charge is -2.20. The molecule has 0 spiro atoms. The van der Waals surface area contributed by atoms with Crippen molar-refractivity contribution in [2.45, 2.75) is 38.6 Å². The number of carbonyl (C=O) groups is 1. The maximum Gasteiger partial charge on any atom is 0.331 e. The Kier molecular flexibility index (Phi) is 2.02. The molecule has 1 N–H and O–H groups in total. The average Bonchev–Trinajstić information content (AvgIpc) is 2.68. The maximum atomic E-state index is 11.1. The van der Waals surface area contributed by atoms with Gasteiger partial charge < -0.3 is 5.11 Å². The van der Waals surface area contributed by atoms with E-state index in [1.807, 2.05) is 0 Å². The van der Waals surface area contributed by atoms with Gasteiger partial charge in [-0.2, -0.15) is 0 Å². The van der Waals surface area contributed by atoms with Gasteiger partial charge in [-0.1, -0.05) is 6.92 Å². The molecular weight excluding hydrogens is 196 g/mol. The molecule has 1 heterocycles. The first-order chi connectivity index (χ1) is 6.94. The molecule has 2 atom stereocenters. The summed E-state index contributed by atoms with van der Waals surface area (Å²) >= 11 is 0. The van der Waals surface area contributed by atoms with Crippen LogP contribution < -0.4 is 0 Å². The summed E-state index contributed by atoms with van der Waals surface area (Å²) < 4.78 is 1.42. The maximum absolute atomic E-state index is 11.1. The Morgan fingerprint density at radius 3 is 2.67 bits per heavy atom. The number of carboxylic acids is 1. The molecule has 1 aromatic rings. The third-order valence-electron chi connectivity index (χ3n) is 2.99. The molecule has 15 heavy (non-hydrogen) atoms. The van der Waals surface area contributed by atoms with Gasteiger partial charge >= 0.3 is 5.97 Å². The average molecular weight is 210 g/mol. The standard InChI is InChI=1S/C9H14N4O2/c1-5-4-6(5)7-10-11-12-13(7)9(2,3)8(14)15/h5-6H,4H2,1-3H3,(H,14,15). The van der Waals surface area contributed by atoms with Crippen LogP contribution in [0.1, 0.15) is 38.9 Å². The van der Waals surface area contributed by atoms with Crippen LogP contribution >= 0.6 is 0 Å². The van der Waals surface area contributed by atoms with Crippen molar-refractivity contribution in [1.29, 1.82) is 0 Å². The minimum absolute atomic E-state index is 0.318. The van der Waals surface area contributed by atoms with E-state index in [1.165, 1.54) is 4.68 Å². The fraction of sp³-hybridized carbons (Fsp3) is 0.778. The SMILES string of the molecule is CC1CC1c1nnnn1C(C)(C)C(=O)O. The Morgan fingerprint density at radius 2 is 2.20 bits per heavy atom. The van der Waals surface area contributed by atoms with E-state index in [0.29, 0.717) is 17.7 Å². The minimum Gasteiger partial charge on any atom is -0.479 e. The molecule has 1 aromatic heterocycles. The van der Waals surface area contributed by atoms with Gasteiger partial charge in [0.15, 0.2) is 11.4 Å². The van der Waals surface area contributed by atoms with E-state index < -0.39 is 11.5 Å². The van der Waals surface area contributed by atoms with Gasteiger partial charge in [-0.05, 0) is 36.6 Å². The molecule has 1 fully saturated rings. The first-order valence-corrected chi connectivity index (χ1v) is 4.96. The molecule has 0 radical (unpaired) electrons. The first-order valence-electron chi connectivity index (χ1n) is 4.96. The number of carboxylic acid groups (broad SMARTS) is 1. The van der Waals surface area contributed by atoms with Crippen LogP contribution in [0.15, 0.2) is 0 Å². The summed E-state index contributed by atoms with van der Waals surface area (Å²) in [6.07, 6.45) is 1.04. The van der Waals surface area contributed by atoms with E-state index in [0.717, 1.165) is 6.42 Å². The molecule has 0 bridgehead atoms. The second kappa shape index (κ2) is 3.01. The van der Waals surface area contributed by atoms with Gasteiger partial charge in [0.25, 0.3) is 0 Å². The predicted molar refractivity (Wildman–Crippen MR) is 51.3 cm³/mol. The van der Waals surface area contributed by atoms with Crippen LogP contribution in [0.2, 0.25) is 0 Å². The van der Waals surface area contributed by atoms with Gasteiger partial charge in [-0.3, -0.25) is 0 Å². The van der Waals surface area contributed by atoms with Gasteiger partial charge in [0.2, 0.25) is 0 Å². The summed E-state index contributed by atoms with van der Waals surface area (Å²) in [7, 11) is 0. The van der Waals surface area contributed by atoms with Crippen LogP contribution in [0.3, 0.4) is 0 Å². The molecule has 0 saturated heterocycles. The highest BCUT2D eigenvalue weighted by Gasteiger charge is 2.43. The van der Waals surface area contributed by atoms with Crippen LogP contribution in [0, 0.1) is 5.92 Å². The summed E-state index contributed by atoms with van der Waals surface area (Å²) in [5.74, 6) is 0.636. The van der Waals surface area contributed by atoms with Gasteiger partial charge in [0, 0.05) is 5.92 Å². The lowest BCUT2D eigenvalue weighted by Crippen LogP contribution is -2.37. The van der Waals surface area contributed by atoms with E-state index in [-0.39, 0.29) is 0 Å². The molecule has 0 aromatic carbocycles. The lowest BCUT2D eigenvalue weighted by atomic mass is 10.1. The van der Waals surface area contributed by atoms with Crippen molar-refractivity contribution >= 4 is 5.97 Å². The summed E-state index contributed by atoms with van der Waals surface area (Å²) in [5.41, 5.74) is -1.08. The van der Waals surface area contributed by atoms with Crippen molar-refractivity contribution in [3.63, 3.8) is 0 Å². The van der Waals surface area contributed by atoms with Crippen LogP contribution in [0.25, 0.3) is 0 Å². The molecule has 0 amide bonds.